The maximum atomic E-state index is 11.3. The van der Waals surface area contributed by atoms with Crippen molar-refractivity contribution < 1.29 is 24.5 Å². The summed E-state index contributed by atoms with van der Waals surface area (Å²) >= 11 is 0. The molecule has 0 amide bonds. The van der Waals surface area contributed by atoms with Gasteiger partial charge in [-0.05, 0) is 67.7 Å². The Bertz CT molecular complexity index is 570. The Morgan fingerprint density at radius 2 is 1.60 bits per heavy atom. The van der Waals surface area contributed by atoms with Gasteiger partial charge in [-0.2, -0.15) is 0 Å². The number of hydrogen-bond acceptors (Lipinski definition) is 3. The summed E-state index contributed by atoms with van der Waals surface area (Å²) in [6.07, 6.45) is 9.99. The highest BCUT2D eigenvalue weighted by Gasteiger charge is 2.31. The first-order valence-electron chi connectivity index (χ1n) is 9.05. The van der Waals surface area contributed by atoms with Gasteiger partial charge < -0.3 is 14.9 Å². The summed E-state index contributed by atoms with van der Waals surface area (Å²) in [6, 6.07) is 4.45. The first kappa shape index (κ1) is 19.4. The molecule has 25 heavy (non-hydrogen) atoms. The maximum Gasteiger partial charge on any atom is 0.335 e. The summed E-state index contributed by atoms with van der Waals surface area (Å²) < 4.78 is 5.19. The van der Waals surface area contributed by atoms with Crippen molar-refractivity contribution in [2.24, 2.45) is 5.41 Å². The zero-order chi connectivity index (χ0) is 18.3. The fourth-order valence-electron chi connectivity index (χ4n) is 4.01. The molecule has 1 saturated carbocycles. The summed E-state index contributed by atoms with van der Waals surface area (Å²) in [6.45, 7) is 0.763. The van der Waals surface area contributed by atoms with Gasteiger partial charge in [0.05, 0.1) is 11.1 Å². The number of carboxylic acid groups (broad SMARTS) is 2. The molecule has 0 heterocycles. The van der Waals surface area contributed by atoms with E-state index in [1.807, 2.05) is 0 Å². The van der Waals surface area contributed by atoms with Gasteiger partial charge in [-0.25, -0.2) is 9.59 Å². The van der Waals surface area contributed by atoms with Crippen LogP contribution in [0.4, 0.5) is 0 Å². The number of carboxylic acids is 2. The fraction of sp³-hybridized carbons (Fsp3) is 0.600. The first-order chi connectivity index (χ1) is 12.0. The summed E-state index contributed by atoms with van der Waals surface area (Å²) in [4.78, 5) is 22.5. The van der Waals surface area contributed by atoms with E-state index in [9.17, 15) is 19.8 Å². The molecule has 138 valence electrons. The highest BCUT2D eigenvalue weighted by molar-refractivity contribution is 5.94. The van der Waals surface area contributed by atoms with Crippen LogP contribution >= 0.6 is 0 Å². The molecule has 0 aromatic heterocycles. The van der Waals surface area contributed by atoms with Crippen molar-refractivity contribution >= 4 is 11.9 Å². The van der Waals surface area contributed by atoms with Crippen molar-refractivity contribution in [1.82, 2.24) is 0 Å². The van der Waals surface area contributed by atoms with Crippen molar-refractivity contribution in [2.45, 2.75) is 57.8 Å². The summed E-state index contributed by atoms with van der Waals surface area (Å²) in [5.74, 6) is -2.17. The molecule has 1 aliphatic carbocycles. The van der Waals surface area contributed by atoms with Gasteiger partial charge in [-0.1, -0.05) is 19.3 Å². The van der Waals surface area contributed by atoms with E-state index in [1.165, 1.54) is 38.2 Å². The Morgan fingerprint density at radius 1 is 1.00 bits per heavy atom. The lowest BCUT2D eigenvalue weighted by Crippen LogP contribution is -2.25. The minimum atomic E-state index is -1.09. The second-order valence-electron chi connectivity index (χ2n) is 7.19. The highest BCUT2D eigenvalue weighted by Crippen LogP contribution is 2.44. The van der Waals surface area contributed by atoms with Gasteiger partial charge in [0, 0.05) is 13.7 Å². The SMILES string of the molecule is COCCCC1(CCc2cc(C(=O)O)cc(C(=O)O)c2)CCCCC1. The maximum absolute atomic E-state index is 11.3. The number of rotatable bonds is 9. The Hall–Kier alpha value is -1.88. The molecule has 5 heteroatoms. The molecule has 2 N–H and O–H groups in total. The number of carbonyl (C=O) groups is 2. The number of hydrogen-bond donors (Lipinski definition) is 2. The van der Waals surface area contributed by atoms with Crippen LogP contribution in [0.25, 0.3) is 0 Å². The van der Waals surface area contributed by atoms with Gasteiger partial charge in [-0.15, -0.1) is 0 Å². The van der Waals surface area contributed by atoms with Crippen LogP contribution in [0, 0.1) is 5.41 Å². The third-order valence-corrected chi connectivity index (χ3v) is 5.40. The number of aryl methyl sites for hydroxylation is 1. The van der Waals surface area contributed by atoms with E-state index in [2.05, 4.69) is 0 Å². The molecule has 0 saturated heterocycles. The number of methoxy groups -OCH3 is 1. The largest absolute Gasteiger partial charge is 0.478 e. The molecule has 0 bridgehead atoms. The van der Waals surface area contributed by atoms with Gasteiger partial charge in [-0.3, -0.25) is 0 Å². The Labute approximate surface area is 149 Å². The van der Waals surface area contributed by atoms with Crippen molar-refractivity contribution in [3.63, 3.8) is 0 Å². The van der Waals surface area contributed by atoms with E-state index in [1.54, 1.807) is 19.2 Å². The lowest BCUT2D eigenvalue weighted by atomic mass is 9.68. The molecule has 1 aliphatic rings. The Kier molecular flexibility index (Phi) is 7.00. The summed E-state index contributed by atoms with van der Waals surface area (Å²) in [5, 5.41) is 18.4. The van der Waals surface area contributed by atoms with Crippen LogP contribution in [0.1, 0.15) is 77.6 Å². The fourth-order valence-corrected chi connectivity index (χ4v) is 4.01. The van der Waals surface area contributed by atoms with Crippen LogP contribution in [0.15, 0.2) is 18.2 Å². The van der Waals surface area contributed by atoms with Crippen LogP contribution < -0.4 is 0 Å². The molecular formula is C20H28O5. The predicted octanol–water partition coefficient (Wildman–Crippen LogP) is 4.39. The predicted molar refractivity (Wildman–Crippen MR) is 95.3 cm³/mol. The van der Waals surface area contributed by atoms with E-state index in [-0.39, 0.29) is 16.5 Å². The Balaban J connectivity index is 2.13. The lowest BCUT2D eigenvalue weighted by molar-refractivity contribution is 0.0696. The second-order valence-corrected chi connectivity index (χ2v) is 7.19. The zero-order valence-corrected chi connectivity index (χ0v) is 14.9. The normalized spacial score (nSPS) is 16.5. The highest BCUT2D eigenvalue weighted by atomic mass is 16.5. The van der Waals surface area contributed by atoms with Crippen molar-refractivity contribution in [3.8, 4) is 0 Å². The molecule has 1 aromatic rings. The molecule has 5 nitrogen and oxygen atoms in total. The van der Waals surface area contributed by atoms with E-state index in [0.29, 0.717) is 6.42 Å². The molecule has 1 aromatic carbocycles. The standard InChI is InChI=1S/C20H28O5/c1-25-11-5-9-20(7-3-2-4-8-20)10-6-15-12-16(18(21)22)14-17(13-15)19(23)24/h12-14H,2-11H2,1H3,(H,21,22)(H,23,24). The summed E-state index contributed by atoms with van der Waals surface area (Å²) in [7, 11) is 1.72. The third kappa shape index (κ3) is 5.56. The summed E-state index contributed by atoms with van der Waals surface area (Å²) in [5.41, 5.74) is 1.17. The molecule has 0 unspecified atom stereocenters. The van der Waals surface area contributed by atoms with Gasteiger partial charge in [0.2, 0.25) is 0 Å². The van der Waals surface area contributed by atoms with Crippen LogP contribution in [-0.2, 0) is 11.2 Å². The number of aromatic carboxylic acids is 2. The first-order valence-corrected chi connectivity index (χ1v) is 9.05. The van der Waals surface area contributed by atoms with E-state index in [0.717, 1.165) is 31.4 Å². The zero-order valence-electron chi connectivity index (χ0n) is 14.9. The molecule has 1 fully saturated rings. The molecular weight excluding hydrogens is 320 g/mol. The quantitative estimate of drug-likeness (QED) is 0.647. The lowest BCUT2D eigenvalue weighted by Gasteiger charge is -2.38. The minimum Gasteiger partial charge on any atom is -0.478 e. The smallest absolute Gasteiger partial charge is 0.335 e. The number of benzene rings is 1. The van der Waals surface area contributed by atoms with Gasteiger partial charge in [0.25, 0.3) is 0 Å². The minimum absolute atomic E-state index is 0.0481. The second kappa shape index (κ2) is 8.99. The molecule has 0 spiro atoms. The van der Waals surface area contributed by atoms with Crippen molar-refractivity contribution in [1.29, 1.82) is 0 Å². The monoisotopic (exact) mass is 348 g/mol. The van der Waals surface area contributed by atoms with Gasteiger partial charge >= 0.3 is 11.9 Å². The molecule has 0 atom stereocenters. The third-order valence-electron chi connectivity index (χ3n) is 5.40. The molecule has 0 aliphatic heterocycles. The van der Waals surface area contributed by atoms with E-state index < -0.39 is 11.9 Å². The topological polar surface area (TPSA) is 83.8 Å². The van der Waals surface area contributed by atoms with Crippen LogP contribution in [0.5, 0.6) is 0 Å². The van der Waals surface area contributed by atoms with E-state index in [4.69, 9.17) is 4.74 Å². The van der Waals surface area contributed by atoms with Crippen LogP contribution in [-0.4, -0.2) is 35.9 Å². The average Bonchev–Trinajstić information content (AvgIpc) is 2.61. The van der Waals surface area contributed by atoms with Crippen LogP contribution in [0.2, 0.25) is 0 Å². The van der Waals surface area contributed by atoms with E-state index >= 15 is 0 Å². The van der Waals surface area contributed by atoms with Crippen molar-refractivity contribution in [2.75, 3.05) is 13.7 Å². The molecule has 2 rings (SSSR count). The van der Waals surface area contributed by atoms with Crippen LogP contribution in [0.3, 0.4) is 0 Å². The number of ether oxygens (including phenoxy) is 1. The van der Waals surface area contributed by atoms with Gasteiger partial charge in [0.15, 0.2) is 0 Å². The van der Waals surface area contributed by atoms with Crippen molar-refractivity contribution in [3.05, 3.63) is 34.9 Å². The molecule has 0 radical (unpaired) electrons. The van der Waals surface area contributed by atoms with Gasteiger partial charge in [0.1, 0.15) is 0 Å². The Morgan fingerprint density at radius 3 is 2.12 bits per heavy atom. The average molecular weight is 348 g/mol.